The van der Waals surface area contributed by atoms with Crippen LogP contribution in [-0.4, -0.2) is 78.4 Å². The fraction of sp³-hybridized carbons (Fsp3) is 0.484. The van der Waals surface area contributed by atoms with E-state index >= 15 is 0 Å². The molecule has 1 saturated heterocycles. The van der Waals surface area contributed by atoms with Gasteiger partial charge in [-0.05, 0) is 67.6 Å². The van der Waals surface area contributed by atoms with Gasteiger partial charge in [0.05, 0.1) is 12.6 Å². The van der Waals surface area contributed by atoms with Crippen molar-refractivity contribution in [1.29, 1.82) is 0 Å². The van der Waals surface area contributed by atoms with Crippen LogP contribution in [0.1, 0.15) is 48.8 Å². The van der Waals surface area contributed by atoms with Crippen LogP contribution in [-0.2, 0) is 36.9 Å². The van der Waals surface area contributed by atoms with Crippen molar-refractivity contribution in [3.05, 3.63) is 64.2 Å². The summed E-state index contributed by atoms with van der Waals surface area (Å²) in [6.07, 6.45) is 2.36. The van der Waals surface area contributed by atoms with Crippen molar-refractivity contribution in [3.63, 3.8) is 0 Å². The third-order valence-corrected chi connectivity index (χ3v) is 8.42. The van der Waals surface area contributed by atoms with Crippen molar-refractivity contribution >= 4 is 40.9 Å². The number of amides is 4. The van der Waals surface area contributed by atoms with Crippen molar-refractivity contribution < 1.29 is 23.9 Å². The SMILES string of the molecule is COC[C@@H]1CCCN1C(=O)CCC(=O)N1Cc2ccccc2C[C@H]1C(=O)N[C@@H](CCN)C(=O)Nc1ccc(Cl)c(C)c1. The number of anilines is 1. The smallest absolute Gasteiger partial charge is 0.246 e. The minimum Gasteiger partial charge on any atom is -0.383 e. The molecule has 11 heteroatoms. The maximum absolute atomic E-state index is 13.7. The van der Waals surface area contributed by atoms with E-state index in [1.807, 2.05) is 31.2 Å². The highest BCUT2D eigenvalue weighted by atomic mass is 35.5. The number of hydrogen-bond acceptors (Lipinski definition) is 6. The van der Waals surface area contributed by atoms with Gasteiger partial charge in [0.2, 0.25) is 23.6 Å². The summed E-state index contributed by atoms with van der Waals surface area (Å²) >= 11 is 6.11. The largest absolute Gasteiger partial charge is 0.383 e. The topological polar surface area (TPSA) is 134 Å². The minimum atomic E-state index is -0.901. The van der Waals surface area contributed by atoms with Gasteiger partial charge < -0.3 is 30.9 Å². The van der Waals surface area contributed by atoms with Crippen molar-refractivity contribution in [1.82, 2.24) is 15.1 Å². The average molecular weight is 598 g/mol. The molecule has 2 heterocycles. The van der Waals surface area contributed by atoms with Crippen LogP contribution in [0.25, 0.3) is 0 Å². The fourth-order valence-electron chi connectivity index (χ4n) is 5.71. The molecule has 0 saturated carbocycles. The first-order valence-electron chi connectivity index (χ1n) is 14.4. The number of nitrogens with zero attached hydrogens (tertiary/aromatic N) is 2. The van der Waals surface area contributed by atoms with Crippen LogP contribution in [0.15, 0.2) is 42.5 Å². The number of aryl methyl sites for hydroxylation is 1. The lowest BCUT2D eigenvalue weighted by atomic mass is 9.92. The molecule has 0 aromatic heterocycles. The maximum atomic E-state index is 13.7. The van der Waals surface area contributed by atoms with E-state index in [4.69, 9.17) is 22.1 Å². The summed E-state index contributed by atoms with van der Waals surface area (Å²) < 4.78 is 5.25. The van der Waals surface area contributed by atoms with Crippen LogP contribution in [0, 0.1) is 6.92 Å². The number of carbonyl (C=O) groups excluding carboxylic acids is 4. The molecule has 2 aromatic rings. The van der Waals surface area contributed by atoms with Gasteiger partial charge in [-0.1, -0.05) is 35.9 Å². The Morgan fingerprint density at radius 1 is 1.07 bits per heavy atom. The van der Waals surface area contributed by atoms with E-state index in [-0.39, 0.29) is 50.2 Å². The third-order valence-electron chi connectivity index (χ3n) is 7.99. The van der Waals surface area contributed by atoms with Gasteiger partial charge in [0.15, 0.2) is 0 Å². The number of nitrogens with one attached hydrogen (secondary N) is 2. The first-order chi connectivity index (χ1) is 20.2. The molecule has 42 heavy (non-hydrogen) atoms. The number of likely N-dealkylation sites (tertiary alicyclic amines) is 1. The molecule has 4 amide bonds. The van der Waals surface area contributed by atoms with Crippen molar-refractivity contribution in [2.45, 2.75) is 70.1 Å². The zero-order valence-corrected chi connectivity index (χ0v) is 25.0. The number of methoxy groups -OCH3 is 1. The number of ether oxygens (including phenoxy) is 1. The van der Waals surface area contributed by atoms with Crippen LogP contribution >= 0.6 is 11.6 Å². The van der Waals surface area contributed by atoms with Gasteiger partial charge in [-0.15, -0.1) is 0 Å². The molecule has 2 aromatic carbocycles. The van der Waals surface area contributed by atoms with Crippen molar-refractivity contribution in [3.8, 4) is 0 Å². The Hall–Kier alpha value is -3.47. The summed E-state index contributed by atoms with van der Waals surface area (Å²) in [7, 11) is 1.62. The van der Waals surface area contributed by atoms with E-state index in [0.29, 0.717) is 30.3 Å². The molecule has 0 aliphatic carbocycles. The van der Waals surface area contributed by atoms with Gasteiger partial charge >= 0.3 is 0 Å². The summed E-state index contributed by atoms with van der Waals surface area (Å²) in [5.74, 6) is -1.22. The zero-order chi connectivity index (χ0) is 30.2. The lowest BCUT2D eigenvalue weighted by Crippen LogP contribution is -2.56. The number of rotatable bonds is 11. The van der Waals surface area contributed by atoms with Gasteiger partial charge in [0, 0.05) is 50.2 Å². The zero-order valence-electron chi connectivity index (χ0n) is 24.2. The molecule has 0 bridgehead atoms. The predicted octanol–water partition coefficient (Wildman–Crippen LogP) is 2.79. The van der Waals surface area contributed by atoms with Crippen LogP contribution in [0.4, 0.5) is 5.69 Å². The highest BCUT2D eigenvalue weighted by Crippen LogP contribution is 2.26. The molecule has 2 aliphatic heterocycles. The molecule has 3 atom stereocenters. The van der Waals surface area contributed by atoms with Crippen molar-refractivity contribution in [2.24, 2.45) is 5.73 Å². The summed E-state index contributed by atoms with van der Waals surface area (Å²) in [5, 5.41) is 6.25. The lowest BCUT2D eigenvalue weighted by molar-refractivity contribution is -0.144. The molecule has 4 rings (SSSR count). The van der Waals surface area contributed by atoms with Crippen LogP contribution in [0.3, 0.4) is 0 Å². The molecule has 226 valence electrons. The first-order valence-corrected chi connectivity index (χ1v) is 14.8. The number of hydrogen-bond donors (Lipinski definition) is 3. The van der Waals surface area contributed by atoms with E-state index in [1.165, 1.54) is 4.90 Å². The molecule has 0 unspecified atom stereocenters. The molecule has 0 radical (unpaired) electrons. The molecular formula is C31H40ClN5O5. The van der Waals surface area contributed by atoms with E-state index in [1.54, 1.807) is 30.2 Å². The predicted molar refractivity (Wildman–Crippen MR) is 161 cm³/mol. The third kappa shape index (κ3) is 7.67. The monoisotopic (exact) mass is 597 g/mol. The number of carbonyl (C=O) groups is 4. The van der Waals surface area contributed by atoms with E-state index in [9.17, 15) is 19.2 Å². The quantitative estimate of drug-likeness (QED) is 0.365. The molecule has 2 aliphatic rings. The Morgan fingerprint density at radius 3 is 2.48 bits per heavy atom. The standard InChI is InChI=1S/C31H40ClN5O5/c1-20-16-23(9-10-25(20)32)34-30(40)26(13-14-33)35-31(41)27-17-21-6-3-4-7-22(21)18-37(27)29(39)12-11-28(38)36-15-5-8-24(36)19-42-2/h3-4,6-7,9-10,16,24,26-27H,5,8,11-15,17-19,33H2,1-2H3,(H,34,40)(H,35,41)/t24-,26-,27-/m0/s1. The molecule has 1 fully saturated rings. The van der Waals surface area contributed by atoms with Gasteiger partial charge in [-0.3, -0.25) is 19.2 Å². The van der Waals surface area contributed by atoms with Crippen LogP contribution in [0.5, 0.6) is 0 Å². The van der Waals surface area contributed by atoms with Gasteiger partial charge in [0.25, 0.3) is 0 Å². The van der Waals surface area contributed by atoms with Crippen LogP contribution < -0.4 is 16.4 Å². The molecule has 10 nitrogen and oxygen atoms in total. The minimum absolute atomic E-state index is 0.0103. The Kier molecular flexibility index (Phi) is 11.0. The summed E-state index contributed by atoms with van der Waals surface area (Å²) in [4.78, 5) is 56.7. The second kappa shape index (κ2) is 14.6. The number of fused-ring (bicyclic) bond motifs is 1. The fourth-order valence-corrected chi connectivity index (χ4v) is 5.82. The van der Waals surface area contributed by atoms with Gasteiger partial charge in [-0.2, -0.15) is 0 Å². The molecule has 0 spiro atoms. The summed E-state index contributed by atoms with van der Waals surface area (Å²) in [6.45, 7) is 3.38. The second-order valence-corrected chi connectivity index (χ2v) is 11.3. The first kappa shape index (κ1) is 31.5. The number of nitrogens with two attached hydrogens (primary N) is 1. The van der Waals surface area contributed by atoms with Gasteiger partial charge in [0.1, 0.15) is 12.1 Å². The van der Waals surface area contributed by atoms with Crippen LogP contribution in [0.2, 0.25) is 5.02 Å². The summed E-state index contributed by atoms with van der Waals surface area (Å²) in [5.41, 5.74) is 9.07. The Labute approximate surface area is 251 Å². The Morgan fingerprint density at radius 2 is 1.79 bits per heavy atom. The van der Waals surface area contributed by atoms with E-state index < -0.39 is 23.9 Å². The van der Waals surface area contributed by atoms with Crippen molar-refractivity contribution in [2.75, 3.05) is 32.1 Å². The second-order valence-electron chi connectivity index (χ2n) is 10.9. The normalized spacial score (nSPS) is 18.8. The average Bonchev–Trinajstić information content (AvgIpc) is 3.45. The number of halogens is 1. The highest BCUT2D eigenvalue weighted by molar-refractivity contribution is 6.31. The summed E-state index contributed by atoms with van der Waals surface area (Å²) in [6, 6.07) is 11.1. The Balaban J connectivity index is 1.46. The van der Waals surface area contributed by atoms with E-state index in [2.05, 4.69) is 10.6 Å². The lowest BCUT2D eigenvalue weighted by Gasteiger charge is -2.37. The highest BCUT2D eigenvalue weighted by Gasteiger charge is 2.37. The Bertz CT molecular complexity index is 1300. The number of benzene rings is 2. The molecule has 4 N–H and O–H groups in total. The van der Waals surface area contributed by atoms with E-state index in [0.717, 1.165) is 29.5 Å². The molecular weight excluding hydrogens is 558 g/mol. The van der Waals surface area contributed by atoms with Gasteiger partial charge in [-0.25, -0.2) is 0 Å². The maximum Gasteiger partial charge on any atom is 0.246 e.